The Balaban J connectivity index is 2.32. The smallest absolute Gasteiger partial charge is 0.224 e. The van der Waals surface area contributed by atoms with Crippen LogP contribution in [0.15, 0.2) is 30.3 Å². The van der Waals surface area contributed by atoms with Gasteiger partial charge in [0.1, 0.15) is 0 Å². The van der Waals surface area contributed by atoms with Crippen molar-refractivity contribution in [1.82, 2.24) is 0 Å². The molecule has 0 aromatic heterocycles. The number of nitrogens with one attached hydrogen (secondary N) is 1. The van der Waals surface area contributed by atoms with Crippen LogP contribution in [-0.4, -0.2) is 5.91 Å². The number of amides is 1. The molecular weight excluding hydrogens is 176 g/mol. The molecule has 0 saturated carbocycles. The molecule has 1 aromatic rings. The van der Waals surface area contributed by atoms with Crippen LogP contribution >= 0.6 is 0 Å². The first-order valence-electron chi connectivity index (χ1n) is 4.55. The summed E-state index contributed by atoms with van der Waals surface area (Å²) < 4.78 is 0. The van der Waals surface area contributed by atoms with Crippen LogP contribution in [0, 0.1) is 11.3 Å². The number of unbranched alkanes of at least 4 members (excludes halogenated alkanes) is 1. The third-order valence-electron chi connectivity index (χ3n) is 1.75. The molecule has 14 heavy (non-hydrogen) atoms. The Kier molecular flexibility index (Phi) is 4.22. The predicted octanol–water partition coefficient (Wildman–Crippen LogP) is 2.32. The molecule has 1 N–H and O–H groups in total. The molecule has 0 atom stereocenters. The lowest BCUT2D eigenvalue weighted by Gasteiger charge is -2.02. The summed E-state index contributed by atoms with van der Waals surface area (Å²) in [5.41, 5.74) is 0.800. The summed E-state index contributed by atoms with van der Waals surface area (Å²) in [7, 11) is 0. The van der Waals surface area contributed by atoms with Crippen LogP contribution in [0.1, 0.15) is 19.3 Å². The highest BCUT2D eigenvalue weighted by Crippen LogP contribution is 2.06. The molecule has 0 saturated heterocycles. The van der Waals surface area contributed by atoms with Gasteiger partial charge in [-0.3, -0.25) is 4.79 Å². The number of para-hydroxylation sites is 1. The molecule has 1 rings (SSSR count). The first kappa shape index (κ1) is 10.3. The third-order valence-corrected chi connectivity index (χ3v) is 1.75. The second kappa shape index (κ2) is 5.76. The highest BCUT2D eigenvalue weighted by atomic mass is 16.1. The molecule has 0 unspecified atom stereocenters. The topological polar surface area (TPSA) is 52.9 Å². The van der Waals surface area contributed by atoms with Crippen molar-refractivity contribution >= 4 is 11.6 Å². The van der Waals surface area contributed by atoms with E-state index in [2.05, 4.69) is 5.32 Å². The number of anilines is 1. The van der Waals surface area contributed by atoms with E-state index in [1.165, 1.54) is 0 Å². The fourth-order valence-corrected chi connectivity index (χ4v) is 1.07. The Hall–Kier alpha value is -1.82. The molecule has 0 bridgehead atoms. The molecule has 0 spiro atoms. The van der Waals surface area contributed by atoms with Gasteiger partial charge in [0.05, 0.1) is 6.07 Å². The summed E-state index contributed by atoms with van der Waals surface area (Å²) in [6.45, 7) is 0. The molecule has 3 nitrogen and oxygen atoms in total. The third kappa shape index (κ3) is 3.72. The minimum atomic E-state index is -0.0357. The second-order valence-corrected chi connectivity index (χ2v) is 2.93. The normalized spacial score (nSPS) is 9.07. The summed E-state index contributed by atoms with van der Waals surface area (Å²) in [6, 6.07) is 11.3. The summed E-state index contributed by atoms with van der Waals surface area (Å²) in [5.74, 6) is -0.0357. The van der Waals surface area contributed by atoms with Crippen LogP contribution in [0.5, 0.6) is 0 Å². The van der Waals surface area contributed by atoms with Crippen molar-refractivity contribution in [3.05, 3.63) is 30.3 Å². The summed E-state index contributed by atoms with van der Waals surface area (Å²) in [6.07, 6.45) is 1.46. The van der Waals surface area contributed by atoms with Crippen molar-refractivity contribution in [1.29, 1.82) is 5.26 Å². The summed E-state index contributed by atoms with van der Waals surface area (Å²) in [5, 5.41) is 11.0. The SMILES string of the molecule is N#CCCCC(=O)Nc1ccccc1. The van der Waals surface area contributed by atoms with Crippen molar-refractivity contribution in [3.8, 4) is 6.07 Å². The van der Waals surface area contributed by atoms with E-state index in [4.69, 9.17) is 5.26 Å². The van der Waals surface area contributed by atoms with E-state index < -0.39 is 0 Å². The number of nitrogens with zero attached hydrogens (tertiary/aromatic N) is 1. The maximum atomic E-state index is 11.3. The number of benzene rings is 1. The van der Waals surface area contributed by atoms with Gasteiger partial charge >= 0.3 is 0 Å². The molecule has 1 aromatic carbocycles. The van der Waals surface area contributed by atoms with Gasteiger partial charge in [-0.05, 0) is 18.6 Å². The minimum Gasteiger partial charge on any atom is -0.326 e. The van der Waals surface area contributed by atoms with Crippen molar-refractivity contribution < 1.29 is 4.79 Å². The van der Waals surface area contributed by atoms with Gasteiger partial charge in [-0.25, -0.2) is 0 Å². The zero-order chi connectivity index (χ0) is 10.2. The summed E-state index contributed by atoms with van der Waals surface area (Å²) >= 11 is 0. The largest absolute Gasteiger partial charge is 0.326 e. The van der Waals surface area contributed by atoms with Crippen LogP contribution in [0.25, 0.3) is 0 Å². The van der Waals surface area contributed by atoms with E-state index in [-0.39, 0.29) is 5.91 Å². The number of carbonyl (C=O) groups excluding carboxylic acids is 1. The van der Waals surface area contributed by atoms with Gasteiger partial charge in [0, 0.05) is 18.5 Å². The highest BCUT2D eigenvalue weighted by Gasteiger charge is 2.00. The van der Waals surface area contributed by atoms with Gasteiger partial charge < -0.3 is 5.32 Å². The molecule has 0 aliphatic carbocycles. The monoisotopic (exact) mass is 188 g/mol. The van der Waals surface area contributed by atoms with E-state index in [1.807, 2.05) is 36.4 Å². The Morgan fingerprint density at radius 2 is 2.07 bits per heavy atom. The van der Waals surface area contributed by atoms with Crippen LogP contribution in [0.3, 0.4) is 0 Å². The van der Waals surface area contributed by atoms with Crippen molar-refractivity contribution in [2.75, 3.05) is 5.32 Å². The first-order chi connectivity index (χ1) is 6.83. The average molecular weight is 188 g/mol. The average Bonchev–Trinajstić information content (AvgIpc) is 2.20. The van der Waals surface area contributed by atoms with E-state index >= 15 is 0 Å². The van der Waals surface area contributed by atoms with Crippen molar-refractivity contribution in [2.24, 2.45) is 0 Å². The van der Waals surface area contributed by atoms with E-state index in [9.17, 15) is 4.79 Å². The van der Waals surface area contributed by atoms with Gasteiger partial charge in [-0.15, -0.1) is 0 Å². The molecule has 0 heterocycles. The molecule has 1 amide bonds. The molecule has 3 heteroatoms. The zero-order valence-corrected chi connectivity index (χ0v) is 7.86. The quantitative estimate of drug-likeness (QED) is 0.737. The molecule has 0 fully saturated rings. The van der Waals surface area contributed by atoms with E-state index in [0.29, 0.717) is 19.3 Å². The van der Waals surface area contributed by atoms with E-state index in [1.54, 1.807) is 0 Å². The van der Waals surface area contributed by atoms with Gasteiger partial charge in [0.2, 0.25) is 5.91 Å². The lowest BCUT2D eigenvalue weighted by atomic mass is 10.2. The molecule has 0 radical (unpaired) electrons. The van der Waals surface area contributed by atoms with E-state index in [0.717, 1.165) is 5.69 Å². The van der Waals surface area contributed by atoms with Crippen molar-refractivity contribution in [3.63, 3.8) is 0 Å². The Bertz CT molecular complexity index is 327. The lowest BCUT2D eigenvalue weighted by molar-refractivity contribution is -0.116. The molecule has 0 aliphatic heterocycles. The molecule has 0 aliphatic rings. The maximum Gasteiger partial charge on any atom is 0.224 e. The van der Waals surface area contributed by atoms with Gasteiger partial charge in [-0.1, -0.05) is 18.2 Å². The lowest BCUT2D eigenvalue weighted by Crippen LogP contribution is -2.10. The standard InChI is InChI=1S/C11H12N2O/c12-9-5-4-8-11(14)13-10-6-2-1-3-7-10/h1-3,6-7H,4-5,8H2,(H,13,14). The minimum absolute atomic E-state index is 0.0357. The van der Waals surface area contributed by atoms with Gasteiger partial charge in [0.15, 0.2) is 0 Å². The number of hydrogen-bond acceptors (Lipinski definition) is 2. The van der Waals surface area contributed by atoms with Crippen LogP contribution in [-0.2, 0) is 4.79 Å². The Labute approximate surface area is 83.4 Å². The number of carbonyl (C=O) groups is 1. The highest BCUT2D eigenvalue weighted by molar-refractivity contribution is 5.90. The fourth-order valence-electron chi connectivity index (χ4n) is 1.07. The Morgan fingerprint density at radius 3 is 2.71 bits per heavy atom. The first-order valence-corrected chi connectivity index (χ1v) is 4.55. The molecular formula is C11H12N2O. The second-order valence-electron chi connectivity index (χ2n) is 2.93. The number of nitriles is 1. The predicted molar refractivity (Wildman–Crippen MR) is 54.5 cm³/mol. The number of rotatable bonds is 4. The molecule has 72 valence electrons. The maximum absolute atomic E-state index is 11.3. The summed E-state index contributed by atoms with van der Waals surface area (Å²) in [4.78, 5) is 11.3. The van der Waals surface area contributed by atoms with Gasteiger partial charge in [-0.2, -0.15) is 5.26 Å². The van der Waals surface area contributed by atoms with Crippen LogP contribution in [0.2, 0.25) is 0 Å². The van der Waals surface area contributed by atoms with Crippen molar-refractivity contribution in [2.45, 2.75) is 19.3 Å². The van der Waals surface area contributed by atoms with Crippen LogP contribution < -0.4 is 5.32 Å². The van der Waals surface area contributed by atoms with Crippen LogP contribution in [0.4, 0.5) is 5.69 Å². The Morgan fingerprint density at radius 1 is 1.36 bits per heavy atom. The fraction of sp³-hybridized carbons (Fsp3) is 0.273. The number of hydrogen-bond donors (Lipinski definition) is 1. The van der Waals surface area contributed by atoms with Gasteiger partial charge in [0.25, 0.3) is 0 Å². The zero-order valence-electron chi connectivity index (χ0n) is 7.86.